The maximum absolute atomic E-state index is 12.2. The van der Waals surface area contributed by atoms with Gasteiger partial charge in [0.2, 0.25) is 0 Å². The van der Waals surface area contributed by atoms with E-state index in [1.54, 1.807) is 18.5 Å². The molecule has 8 heteroatoms. The van der Waals surface area contributed by atoms with E-state index in [-0.39, 0.29) is 5.75 Å². The van der Waals surface area contributed by atoms with E-state index < -0.39 is 6.61 Å². The predicted octanol–water partition coefficient (Wildman–Crippen LogP) is 5.00. The van der Waals surface area contributed by atoms with Crippen LogP contribution in [0.2, 0.25) is 0 Å². The Morgan fingerprint density at radius 2 is 1.93 bits per heavy atom. The van der Waals surface area contributed by atoms with E-state index in [1.807, 2.05) is 36.9 Å². The number of pyridine rings is 1. The topological polar surface area (TPSA) is 41.0 Å². The number of ether oxygens (including phenoxy) is 1. The fraction of sp³-hybridized carbons (Fsp3) is 0.368. The van der Waals surface area contributed by atoms with Gasteiger partial charge in [-0.1, -0.05) is 12.1 Å². The Labute approximate surface area is 166 Å². The van der Waals surface area contributed by atoms with Gasteiger partial charge in [-0.3, -0.25) is 0 Å². The Morgan fingerprint density at radius 3 is 2.52 bits per heavy atom. The summed E-state index contributed by atoms with van der Waals surface area (Å²) in [6, 6.07) is 8.52. The van der Waals surface area contributed by atoms with Crippen molar-refractivity contribution in [3.8, 4) is 5.75 Å². The fourth-order valence-electron chi connectivity index (χ4n) is 2.32. The lowest BCUT2D eigenvalue weighted by atomic mass is 10.2. The molecular formula is C19H23BrF2N4O. The van der Waals surface area contributed by atoms with Crippen LogP contribution in [0.4, 0.5) is 20.3 Å². The van der Waals surface area contributed by atoms with Crippen molar-refractivity contribution >= 4 is 33.8 Å². The van der Waals surface area contributed by atoms with Crippen LogP contribution in [0, 0.1) is 6.92 Å². The second-order valence-corrected chi connectivity index (χ2v) is 6.95. The van der Waals surface area contributed by atoms with E-state index in [4.69, 9.17) is 0 Å². The Balaban J connectivity index is 2.13. The summed E-state index contributed by atoms with van der Waals surface area (Å²) in [5, 5.41) is 0. The molecular weight excluding hydrogens is 418 g/mol. The normalized spacial score (nSPS) is 11.3. The standard InChI is InChI=1S/C19H23BrF2N4O/c1-5-25(3)12-23-17-10-16(20)18(24-13(17)2)26(4)11-14-6-8-15(9-7-14)27-19(21)22/h6-10,12,19H,5,11H2,1-4H3. The first-order chi connectivity index (χ1) is 12.8. The van der Waals surface area contributed by atoms with E-state index in [0.29, 0.717) is 6.54 Å². The van der Waals surface area contributed by atoms with Crippen LogP contribution in [0.5, 0.6) is 5.75 Å². The molecule has 0 saturated carbocycles. The zero-order valence-electron chi connectivity index (χ0n) is 15.8. The summed E-state index contributed by atoms with van der Waals surface area (Å²) in [4.78, 5) is 13.1. The summed E-state index contributed by atoms with van der Waals surface area (Å²) in [7, 11) is 3.88. The number of aromatic nitrogens is 1. The van der Waals surface area contributed by atoms with Crippen LogP contribution >= 0.6 is 15.9 Å². The monoisotopic (exact) mass is 440 g/mol. The van der Waals surface area contributed by atoms with Crippen molar-refractivity contribution in [2.24, 2.45) is 4.99 Å². The molecule has 0 aliphatic rings. The molecule has 0 aliphatic carbocycles. The smallest absolute Gasteiger partial charge is 0.387 e. The van der Waals surface area contributed by atoms with Gasteiger partial charge in [0.15, 0.2) is 0 Å². The summed E-state index contributed by atoms with van der Waals surface area (Å²) >= 11 is 3.56. The molecule has 1 aromatic carbocycles. The van der Waals surface area contributed by atoms with Gasteiger partial charge >= 0.3 is 6.61 Å². The van der Waals surface area contributed by atoms with Crippen LogP contribution in [-0.2, 0) is 6.54 Å². The largest absolute Gasteiger partial charge is 0.435 e. The van der Waals surface area contributed by atoms with E-state index in [1.165, 1.54) is 12.1 Å². The number of aryl methyl sites for hydroxylation is 1. The van der Waals surface area contributed by atoms with Gasteiger partial charge in [0, 0.05) is 27.2 Å². The molecule has 5 nitrogen and oxygen atoms in total. The summed E-state index contributed by atoms with van der Waals surface area (Å²) in [5.41, 5.74) is 2.58. The molecule has 1 heterocycles. The minimum absolute atomic E-state index is 0.144. The van der Waals surface area contributed by atoms with E-state index in [9.17, 15) is 8.78 Å². The van der Waals surface area contributed by atoms with Gasteiger partial charge in [0.25, 0.3) is 0 Å². The molecule has 27 heavy (non-hydrogen) atoms. The lowest BCUT2D eigenvalue weighted by molar-refractivity contribution is -0.0498. The molecule has 0 radical (unpaired) electrons. The third-order valence-electron chi connectivity index (χ3n) is 3.94. The molecule has 0 unspecified atom stereocenters. The number of aliphatic imine (C=N–C) groups is 1. The molecule has 0 atom stereocenters. The highest BCUT2D eigenvalue weighted by molar-refractivity contribution is 9.10. The SMILES string of the molecule is CCN(C)C=Nc1cc(Br)c(N(C)Cc2ccc(OC(F)F)cc2)nc1C. The molecule has 146 valence electrons. The lowest BCUT2D eigenvalue weighted by Crippen LogP contribution is -2.18. The first kappa shape index (κ1) is 21.1. The number of nitrogens with zero attached hydrogens (tertiary/aromatic N) is 4. The molecule has 0 saturated heterocycles. The zero-order chi connectivity index (χ0) is 20.0. The van der Waals surface area contributed by atoms with Crippen molar-refractivity contribution in [2.45, 2.75) is 27.0 Å². The number of hydrogen-bond acceptors (Lipinski definition) is 4. The second kappa shape index (κ2) is 9.64. The number of hydrogen-bond donors (Lipinski definition) is 0. The Kier molecular flexibility index (Phi) is 7.53. The molecule has 0 bridgehead atoms. The van der Waals surface area contributed by atoms with Gasteiger partial charge < -0.3 is 14.5 Å². The number of alkyl halides is 2. The fourth-order valence-corrected chi connectivity index (χ4v) is 2.93. The molecule has 0 aliphatic heterocycles. The van der Waals surface area contributed by atoms with E-state index in [2.05, 4.69) is 37.6 Å². The third kappa shape index (κ3) is 6.16. The van der Waals surface area contributed by atoms with Gasteiger partial charge in [-0.25, -0.2) is 9.98 Å². The first-order valence-corrected chi connectivity index (χ1v) is 9.26. The third-order valence-corrected chi connectivity index (χ3v) is 4.53. The second-order valence-electron chi connectivity index (χ2n) is 6.09. The highest BCUT2D eigenvalue weighted by Gasteiger charge is 2.12. The molecule has 1 aromatic heterocycles. The van der Waals surface area contributed by atoms with Crippen molar-refractivity contribution < 1.29 is 13.5 Å². The van der Waals surface area contributed by atoms with Crippen LogP contribution in [0.15, 0.2) is 39.8 Å². The van der Waals surface area contributed by atoms with Crippen molar-refractivity contribution in [1.29, 1.82) is 0 Å². The van der Waals surface area contributed by atoms with Gasteiger partial charge in [-0.15, -0.1) is 0 Å². The van der Waals surface area contributed by atoms with Crippen molar-refractivity contribution in [3.63, 3.8) is 0 Å². The number of anilines is 1. The zero-order valence-corrected chi connectivity index (χ0v) is 17.4. The van der Waals surface area contributed by atoms with Crippen LogP contribution in [0.25, 0.3) is 0 Å². The van der Waals surface area contributed by atoms with Crippen molar-refractivity contribution in [2.75, 3.05) is 25.5 Å². The minimum atomic E-state index is -2.82. The maximum Gasteiger partial charge on any atom is 0.387 e. The number of halogens is 3. The van der Waals surface area contributed by atoms with Gasteiger partial charge in [0.05, 0.1) is 22.2 Å². The van der Waals surface area contributed by atoms with Crippen molar-refractivity contribution in [3.05, 3.63) is 46.1 Å². The van der Waals surface area contributed by atoms with Crippen LogP contribution in [-0.4, -0.2) is 43.5 Å². The van der Waals surface area contributed by atoms with Gasteiger partial charge in [-0.2, -0.15) is 8.78 Å². The Morgan fingerprint density at radius 1 is 1.26 bits per heavy atom. The number of rotatable bonds is 8. The molecule has 2 aromatic rings. The summed E-state index contributed by atoms with van der Waals surface area (Å²) in [6.07, 6.45) is 1.78. The van der Waals surface area contributed by atoms with Crippen LogP contribution < -0.4 is 9.64 Å². The van der Waals surface area contributed by atoms with Crippen molar-refractivity contribution in [1.82, 2.24) is 9.88 Å². The highest BCUT2D eigenvalue weighted by atomic mass is 79.9. The summed E-state index contributed by atoms with van der Waals surface area (Å²) in [6.45, 7) is 2.59. The average Bonchev–Trinajstić information content (AvgIpc) is 2.62. The van der Waals surface area contributed by atoms with Crippen LogP contribution in [0.1, 0.15) is 18.2 Å². The quantitative estimate of drug-likeness (QED) is 0.427. The van der Waals surface area contributed by atoms with E-state index in [0.717, 1.165) is 33.8 Å². The molecule has 2 rings (SSSR count). The Hall–Kier alpha value is -2.22. The highest BCUT2D eigenvalue weighted by Crippen LogP contribution is 2.30. The average molecular weight is 441 g/mol. The van der Waals surface area contributed by atoms with E-state index >= 15 is 0 Å². The summed E-state index contributed by atoms with van der Waals surface area (Å²) < 4.78 is 29.7. The Bertz CT molecular complexity index is 784. The predicted molar refractivity (Wildman–Crippen MR) is 108 cm³/mol. The lowest BCUT2D eigenvalue weighted by Gasteiger charge is -2.21. The molecule has 0 N–H and O–H groups in total. The molecule has 0 fully saturated rings. The van der Waals surface area contributed by atoms with Crippen LogP contribution in [0.3, 0.4) is 0 Å². The van der Waals surface area contributed by atoms with Gasteiger partial charge in [-0.05, 0) is 53.5 Å². The van der Waals surface area contributed by atoms with Gasteiger partial charge in [0.1, 0.15) is 11.6 Å². The summed E-state index contributed by atoms with van der Waals surface area (Å²) in [5.74, 6) is 0.925. The molecule has 0 spiro atoms. The maximum atomic E-state index is 12.2. The first-order valence-electron chi connectivity index (χ1n) is 8.46. The minimum Gasteiger partial charge on any atom is -0.435 e. The molecule has 0 amide bonds. The number of benzene rings is 1.